The number of fused-ring (bicyclic) bond motifs is 4. The fourth-order valence-electron chi connectivity index (χ4n) is 5.18. The standard InChI is InChI=1S/C20H24N2O2.C7H5NO5.ClH/c1-3-13-12-22-9-7-14(13)10-19(22)20(23)16-6-8-21-18-5-4-15(24-2)11-17(16)18;9-7(10)13-6-3-1-5(2-4-6)8(11)12;/h3-6,8,11,13-14,19-20,23H,1,7,9-10,12H2,2H3;1-4H,(H,9,10);1H/t13-,14?,19-,20-;;/m1../s1. The van der Waals surface area contributed by atoms with Crippen molar-refractivity contribution in [2.24, 2.45) is 11.8 Å². The molecular formula is C27H30ClN3O7. The lowest BCUT2D eigenvalue weighted by molar-refractivity contribution is -0.384. The van der Waals surface area contributed by atoms with Gasteiger partial charge in [-0.3, -0.25) is 20.0 Å². The number of piperidine rings is 3. The first-order valence-corrected chi connectivity index (χ1v) is 11.9. The van der Waals surface area contributed by atoms with Crippen molar-refractivity contribution in [1.29, 1.82) is 0 Å². The quantitative estimate of drug-likeness (QED) is 0.140. The van der Waals surface area contributed by atoms with Crippen molar-refractivity contribution >= 4 is 35.2 Å². The summed E-state index contributed by atoms with van der Waals surface area (Å²) in [6.45, 7) is 6.07. The molecule has 5 atom stereocenters. The third-order valence-electron chi connectivity index (χ3n) is 7.07. The van der Waals surface area contributed by atoms with Gasteiger partial charge >= 0.3 is 6.16 Å². The van der Waals surface area contributed by atoms with E-state index in [1.807, 2.05) is 24.3 Å². The van der Waals surface area contributed by atoms with Crippen molar-refractivity contribution in [3.63, 3.8) is 0 Å². The van der Waals surface area contributed by atoms with Gasteiger partial charge in [0, 0.05) is 36.3 Å². The number of aliphatic hydroxyl groups is 1. The fraction of sp³-hybridized carbons (Fsp3) is 0.333. The Bertz CT molecular complexity index is 1290. The van der Waals surface area contributed by atoms with E-state index in [2.05, 4.69) is 27.3 Å². The summed E-state index contributed by atoms with van der Waals surface area (Å²) in [6, 6.07) is 12.7. The molecule has 1 aromatic heterocycles. The van der Waals surface area contributed by atoms with Gasteiger partial charge in [0.1, 0.15) is 11.5 Å². The number of halogens is 1. The topological polar surface area (TPSA) is 135 Å². The number of methoxy groups -OCH3 is 1. The molecule has 11 heteroatoms. The second-order valence-electron chi connectivity index (χ2n) is 9.09. The van der Waals surface area contributed by atoms with Crippen molar-refractivity contribution in [2.45, 2.75) is 25.0 Å². The second-order valence-corrected chi connectivity index (χ2v) is 9.09. The van der Waals surface area contributed by atoms with E-state index in [0.29, 0.717) is 11.8 Å². The van der Waals surface area contributed by atoms with Gasteiger partial charge in [-0.25, -0.2) is 4.79 Å². The summed E-state index contributed by atoms with van der Waals surface area (Å²) in [5.74, 6) is 2.06. The van der Waals surface area contributed by atoms with Crippen LogP contribution in [0.5, 0.6) is 11.5 Å². The third kappa shape index (κ3) is 6.39. The van der Waals surface area contributed by atoms with E-state index in [9.17, 15) is 20.0 Å². The summed E-state index contributed by atoms with van der Waals surface area (Å²) in [6.07, 6.45) is 4.17. The van der Waals surface area contributed by atoms with Crippen LogP contribution in [0.2, 0.25) is 0 Å². The van der Waals surface area contributed by atoms with Crippen LogP contribution in [0.3, 0.4) is 0 Å². The van der Waals surface area contributed by atoms with E-state index >= 15 is 0 Å². The van der Waals surface area contributed by atoms with E-state index in [1.165, 1.54) is 18.6 Å². The Kier molecular flexibility index (Phi) is 9.62. The monoisotopic (exact) mass is 543 g/mol. The summed E-state index contributed by atoms with van der Waals surface area (Å²) in [7, 11) is 1.66. The zero-order valence-electron chi connectivity index (χ0n) is 20.8. The van der Waals surface area contributed by atoms with Crippen molar-refractivity contribution < 1.29 is 29.4 Å². The largest absolute Gasteiger partial charge is 0.511 e. The minimum Gasteiger partial charge on any atom is -0.497 e. The highest BCUT2D eigenvalue weighted by Gasteiger charge is 2.42. The molecule has 2 aromatic carbocycles. The molecule has 0 radical (unpaired) electrons. The number of hydrogen-bond acceptors (Lipinski definition) is 8. The number of pyridine rings is 1. The number of aliphatic hydroxyl groups excluding tert-OH is 1. The molecular weight excluding hydrogens is 514 g/mol. The Hall–Kier alpha value is -3.73. The Balaban J connectivity index is 0.000000245. The maximum atomic E-state index is 11.2. The SMILES string of the molecule is C=C[C@@H]1CN2CCC1C[C@@H]2[C@H](O)c1ccnc2ccc(OC)cc12.Cl.O=C(O)Oc1ccc([N+](=O)[O-])cc1. The fourth-order valence-corrected chi connectivity index (χ4v) is 5.18. The van der Waals surface area contributed by atoms with E-state index in [1.54, 1.807) is 13.3 Å². The van der Waals surface area contributed by atoms with Gasteiger partial charge in [0.2, 0.25) is 0 Å². The number of nitrogens with zero attached hydrogens (tertiary/aromatic N) is 3. The van der Waals surface area contributed by atoms with Crippen molar-refractivity contribution in [1.82, 2.24) is 9.88 Å². The Labute approximate surface area is 226 Å². The van der Waals surface area contributed by atoms with Crippen LogP contribution in [0.4, 0.5) is 10.5 Å². The van der Waals surface area contributed by atoms with Crippen LogP contribution in [-0.2, 0) is 0 Å². The number of carbonyl (C=O) groups is 1. The molecule has 3 aliphatic heterocycles. The van der Waals surface area contributed by atoms with Crippen molar-refractivity contribution in [2.75, 3.05) is 20.2 Å². The predicted molar refractivity (Wildman–Crippen MR) is 144 cm³/mol. The molecule has 202 valence electrons. The van der Waals surface area contributed by atoms with Gasteiger partial charge < -0.3 is 19.7 Å². The van der Waals surface area contributed by atoms with Gasteiger partial charge in [-0.1, -0.05) is 6.08 Å². The molecule has 0 aliphatic carbocycles. The number of non-ortho nitro benzene ring substituents is 1. The lowest BCUT2D eigenvalue weighted by atomic mass is 9.73. The number of aromatic nitrogens is 1. The molecule has 0 amide bonds. The first-order chi connectivity index (χ1) is 17.8. The van der Waals surface area contributed by atoms with Crippen LogP contribution in [-0.4, -0.2) is 57.4 Å². The van der Waals surface area contributed by atoms with Gasteiger partial charge in [0.05, 0.1) is 23.7 Å². The lowest BCUT2D eigenvalue weighted by Crippen LogP contribution is -2.54. The van der Waals surface area contributed by atoms with Crippen molar-refractivity contribution in [3.05, 3.63) is 83.1 Å². The van der Waals surface area contributed by atoms with Crippen LogP contribution in [0.25, 0.3) is 10.9 Å². The molecule has 2 N–H and O–H groups in total. The molecule has 0 saturated carbocycles. The molecule has 2 unspecified atom stereocenters. The maximum Gasteiger partial charge on any atom is 0.511 e. The third-order valence-corrected chi connectivity index (χ3v) is 7.07. The molecule has 4 heterocycles. The Morgan fingerprint density at radius 2 is 1.95 bits per heavy atom. The van der Waals surface area contributed by atoms with Gasteiger partial charge in [-0.05, 0) is 73.2 Å². The number of rotatable bonds is 6. The average Bonchev–Trinajstić information content (AvgIpc) is 2.92. The maximum absolute atomic E-state index is 11.2. The minimum absolute atomic E-state index is 0. The predicted octanol–water partition coefficient (Wildman–Crippen LogP) is 5.25. The molecule has 3 aliphatic rings. The molecule has 3 aromatic rings. The number of nitro benzene ring substituents is 1. The molecule has 6 rings (SSSR count). The Morgan fingerprint density at radius 1 is 1.24 bits per heavy atom. The molecule has 2 bridgehead atoms. The van der Waals surface area contributed by atoms with E-state index in [4.69, 9.17) is 9.84 Å². The smallest absolute Gasteiger partial charge is 0.497 e. The number of ether oxygens (including phenoxy) is 2. The van der Waals surface area contributed by atoms with Crippen LogP contribution in [0.1, 0.15) is 24.5 Å². The van der Waals surface area contributed by atoms with Gasteiger partial charge in [0.15, 0.2) is 0 Å². The summed E-state index contributed by atoms with van der Waals surface area (Å²) >= 11 is 0. The highest BCUT2D eigenvalue weighted by molar-refractivity contribution is 5.85. The lowest BCUT2D eigenvalue weighted by Gasteiger charge is -2.50. The second kappa shape index (κ2) is 12.7. The molecule has 3 saturated heterocycles. The molecule has 3 fully saturated rings. The van der Waals surface area contributed by atoms with E-state index < -0.39 is 17.2 Å². The van der Waals surface area contributed by atoms with Crippen LogP contribution >= 0.6 is 12.4 Å². The van der Waals surface area contributed by atoms with Crippen LogP contribution < -0.4 is 9.47 Å². The summed E-state index contributed by atoms with van der Waals surface area (Å²) in [4.78, 5) is 26.5. The van der Waals surface area contributed by atoms with Gasteiger partial charge in [-0.2, -0.15) is 0 Å². The minimum atomic E-state index is -1.45. The highest BCUT2D eigenvalue weighted by Crippen LogP contribution is 2.42. The first-order valence-electron chi connectivity index (χ1n) is 11.9. The van der Waals surface area contributed by atoms with Crippen molar-refractivity contribution in [3.8, 4) is 11.5 Å². The molecule has 0 spiro atoms. The summed E-state index contributed by atoms with van der Waals surface area (Å²) in [5.41, 5.74) is 1.73. The molecule has 38 heavy (non-hydrogen) atoms. The van der Waals surface area contributed by atoms with E-state index in [0.717, 1.165) is 53.9 Å². The van der Waals surface area contributed by atoms with Crippen LogP contribution in [0, 0.1) is 22.0 Å². The zero-order chi connectivity index (χ0) is 26.5. The average molecular weight is 544 g/mol. The first kappa shape index (κ1) is 28.8. The number of hydrogen-bond donors (Lipinski definition) is 2. The summed E-state index contributed by atoms with van der Waals surface area (Å²) in [5, 5.41) is 30.5. The highest BCUT2D eigenvalue weighted by atomic mass is 35.5. The Morgan fingerprint density at radius 3 is 2.53 bits per heavy atom. The van der Waals surface area contributed by atoms with E-state index in [-0.39, 0.29) is 29.9 Å². The number of carboxylic acid groups (broad SMARTS) is 1. The van der Waals surface area contributed by atoms with Gasteiger partial charge in [-0.15, -0.1) is 19.0 Å². The number of benzene rings is 2. The number of nitro groups is 1. The normalized spacial score (nSPS) is 22.3. The molecule has 10 nitrogen and oxygen atoms in total. The zero-order valence-corrected chi connectivity index (χ0v) is 21.6. The van der Waals surface area contributed by atoms with Crippen LogP contribution in [0.15, 0.2) is 67.4 Å². The van der Waals surface area contributed by atoms with Gasteiger partial charge in [0.25, 0.3) is 5.69 Å². The summed E-state index contributed by atoms with van der Waals surface area (Å²) < 4.78 is 9.59.